The van der Waals surface area contributed by atoms with Crippen molar-refractivity contribution in [1.82, 2.24) is 0 Å². The Morgan fingerprint density at radius 1 is 1.06 bits per heavy atom. The van der Waals surface area contributed by atoms with Crippen LogP contribution in [0, 0.1) is 10.1 Å². The van der Waals surface area contributed by atoms with Gasteiger partial charge in [0.05, 0.1) is 37.2 Å². The summed E-state index contributed by atoms with van der Waals surface area (Å²) in [5.41, 5.74) is 1.05. The highest BCUT2D eigenvalue weighted by Crippen LogP contribution is 2.32. The Hall–Kier alpha value is -4.38. The first-order valence-electron chi connectivity index (χ1n) is 10.4. The molecule has 1 fully saturated rings. The fourth-order valence-electron chi connectivity index (χ4n) is 3.56. The number of morpholine rings is 1. The first-order chi connectivity index (χ1) is 16.5. The van der Waals surface area contributed by atoms with E-state index in [1.807, 2.05) is 4.90 Å². The molecule has 0 saturated carbocycles. The molecule has 2 amide bonds. The molecule has 176 valence electrons. The van der Waals surface area contributed by atoms with Crippen molar-refractivity contribution in [3.05, 3.63) is 76.2 Å². The predicted octanol–water partition coefficient (Wildman–Crippen LogP) is 3.54. The van der Waals surface area contributed by atoms with Crippen LogP contribution in [-0.4, -0.2) is 50.2 Å². The van der Waals surface area contributed by atoms with Crippen molar-refractivity contribution in [2.75, 3.05) is 48.9 Å². The van der Waals surface area contributed by atoms with E-state index >= 15 is 0 Å². The van der Waals surface area contributed by atoms with E-state index in [0.29, 0.717) is 43.4 Å². The number of nitro groups is 1. The molecule has 3 aromatic rings. The Labute approximate surface area is 194 Å². The number of carbonyl (C=O) groups is 2. The number of hydrogen-bond donors (Lipinski definition) is 2. The number of furan rings is 1. The van der Waals surface area contributed by atoms with Gasteiger partial charge < -0.3 is 29.4 Å². The number of hydrogen-bond acceptors (Lipinski definition) is 8. The summed E-state index contributed by atoms with van der Waals surface area (Å²) in [6, 6.07) is 12.2. The van der Waals surface area contributed by atoms with Crippen molar-refractivity contribution in [3.8, 4) is 5.75 Å². The number of ether oxygens (including phenoxy) is 2. The van der Waals surface area contributed by atoms with Crippen LogP contribution in [0.1, 0.15) is 20.9 Å². The monoisotopic (exact) mass is 466 g/mol. The number of nitro benzene ring substituents is 1. The topological polar surface area (TPSA) is 136 Å². The lowest BCUT2D eigenvalue weighted by molar-refractivity contribution is -0.384. The van der Waals surface area contributed by atoms with Crippen molar-refractivity contribution < 1.29 is 28.4 Å². The van der Waals surface area contributed by atoms with Gasteiger partial charge in [0.2, 0.25) is 0 Å². The lowest BCUT2D eigenvalue weighted by atomic mass is 10.1. The minimum absolute atomic E-state index is 0.107. The van der Waals surface area contributed by atoms with Crippen LogP contribution in [0.25, 0.3) is 0 Å². The molecule has 11 nitrogen and oxygen atoms in total. The van der Waals surface area contributed by atoms with Gasteiger partial charge in [0.25, 0.3) is 17.5 Å². The fraction of sp³-hybridized carbons (Fsp3) is 0.217. The standard InChI is InChI=1S/C23H22N4O7/c1-32-20-7-5-16(24-23(29)21-3-2-10-34-21)14-17(20)25-22(28)15-4-6-18(19(13-15)27(30)31)26-8-11-33-12-9-26/h2-7,10,13-14H,8-9,11-12H2,1H3,(H,24,29)(H,25,28). The van der Waals surface area contributed by atoms with Crippen LogP contribution >= 0.6 is 0 Å². The molecule has 2 aromatic carbocycles. The maximum atomic E-state index is 12.9. The zero-order chi connectivity index (χ0) is 24.1. The molecular formula is C23H22N4O7. The van der Waals surface area contributed by atoms with Crippen molar-refractivity contribution >= 4 is 34.6 Å². The molecule has 0 atom stereocenters. The second kappa shape index (κ2) is 10.0. The minimum Gasteiger partial charge on any atom is -0.495 e. The largest absolute Gasteiger partial charge is 0.495 e. The van der Waals surface area contributed by atoms with E-state index in [9.17, 15) is 19.7 Å². The van der Waals surface area contributed by atoms with E-state index in [1.165, 1.54) is 37.6 Å². The van der Waals surface area contributed by atoms with Crippen LogP contribution < -0.4 is 20.3 Å². The van der Waals surface area contributed by atoms with Crippen LogP contribution in [-0.2, 0) is 4.74 Å². The van der Waals surface area contributed by atoms with Gasteiger partial charge in [-0.15, -0.1) is 0 Å². The number of rotatable bonds is 7. The first kappa shape index (κ1) is 22.8. The number of methoxy groups -OCH3 is 1. The molecule has 0 aliphatic carbocycles. The summed E-state index contributed by atoms with van der Waals surface area (Å²) in [4.78, 5) is 38.2. The average molecular weight is 466 g/mol. The third kappa shape index (κ3) is 4.99. The normalized spacial score (nSPS) is 13.3. The summed E-state index contributed by atoms with van der Waals surface area (Å²) in [6.07, 6.45) is 1.39. The number of nitrogens with zero attached hydrogens (tertiary/aromatic N) is 2. The summed E-state index contributed by atoms with van der Waals surface area (Å²) in [7, 11) is 1.44. The minimum atomic E-state index is -0.565. The highest BCUT2D eigenvalue weighted by atomic mass is 16.6. The zero-order valence-electron chi connectivity index (χ0n) is 18.3. The molecular weight excluding hydrogens is 444 g/mol. The maximum absolute atomic E-state index is 12.9. The molecule has 0 spiro atoms. The summed E-state index contributed by atoms with van der Waals surface area (Å²) in [5.74, 6) is -0.538. The van der Waals surface area contributed by atoms with Gasteiger partial charge in [-0.2, -0.15) is 0 Å². The van der Waals surface area contributed by atoms with Crippen molar-refractivity contribution in [1.29, 1.82) is 0 Å². The van der Waals surface area contributed by atoms with Gasteiger partial charge >= 0.3 is 0 Å². The molecule has 0 unspecified atom stereocenters. The molecule has 1 aliphatic heterocycles. The predicted molar refractivity (Wildman–Crippen MR) is 124 cm³/mol. The number of amides is 2. The molecule has 34 heavy (non-hydrogen) atoms. The quantitative estimate of drug-likeness (QED) is 0.399. The van der Waals surface area contributed by atoms with Gasteiger partial charge in [-0.1, -0.05) is 0 Å². The average Bonchev–Trinajstić information content (AvgIpc) is 3.40. The second-order valence-corrected chi connectivity index (χ2v) is 7.36. The molecule has 11 heteroatoms. The summed E-state index contributed by atoms with van der Waals surface area (Å²) >= 11 is 0. The van der Waals surface area contributed by atoms with Crippen LogP contribution in [0.5, 0.6) is 5.75 Å². The fourth-order valence-corrected chi connectivity index (χ4v) is 3.56. The third-order valence-electron chi connectivity index (χ3n) is 5.24. The Morgan fingerprint density at radius 2 is 1.85 bits per heavy atom. The van der Waals surface area contributed by atoms with E-state index in [4.69, 9.17) is 13.9 Å². The van der Waals surface area contributed by atoms with Gasteiger partial charge in [0, 0.05) is 30.4 Å². The Balaban J connectivity index is 1.56. The van der Waals surface area contributed by atoms with E-state index in [-0.39, 0.29) is 22.7 Å². The second-order valence-electron chi connectivity index (χ2n) is 7.36. The van der Waals surface area contributed by atoms with E-state index < -0.39 is 16.7 Å². The third-order valence-corrected chi connectivity index (χ3v) is 5.24. The Morgan fingerprint density at radius 3 is 2.53 bits per heavy atom. The molecule has 0 radical (unpaired) electrons. The number of benzene rings is 2. The summed E-state index contributed by atoms with van der Waals surface area (Å²) in [5, 5.41) is 17.1. The molecule has 2 heterocycles. The van der Waals surface area contributed by atoms with Crippen LogP contribution in [0.15, 0.2) is 59.2 Å². The van der Waals surface area contributed by atoms with Gasteiger partial charge in [-0.05, 0) is 42.5 Å². The van der Waals surface area contributed by atoms with Gasteiger partial charge in [0.15, 0.2) is 5.76 Å². The smallest absolute Gasteiger partial charge is 0.293 e. The van der Waals surface area contributed by atoms with Crippen LogP contribution in [0.4, 0.5) is 22.7 Å². The lowest BCUT2D eigenvalue weighted by Gasteiger charge is -2.28. The molecule has 2 N–H and O–H groups in total. The summed E-state index contributed by atoms with van der Waals surface area (Å²) < 4.78 is 15.7. The Bertz CT molecular complexity index is 1200. The molecule has 1 aliphatic rings. The molecule has 1 saturated heterocycles. The highest BCUT2D eigenvalue weighted by molar-refractivity contribution is 6.07. The van der Waals surface area contributed by atoms with Gasteiger partial charge in [-0.3, -0.25) is 19.7 Å². The maximum Gasteiger partial charge on any atom is 0.293 e. The zero-order valence-corrected chi connectivity index (χ0v) is 18.3. The number of anilines is 3. The van der Waals surface area contributed by atoms with Crippen molar-refractivity contribution in [2.24, 2.45) is 0 Å². The molecule has 4 rings (SSSR count). The number of carbonyl (C=O) groups excluding carboxylic acids is 2. The molecule has 0 bridgehead atoms. The van der Waals surface area contributed by atoms with E-state index in [0.717, 1.165) is 0 Å². The van der Waals surface area contributed by atoms with Crippen molar-refractivity contribution in [3.63, 3.8) is 0 Å². The first-order valence-corrected chi connectivity index (χ1v) is 10.4. The van der Waals surface area contributed by atoms with E-state index in [2.05, 4.69) is 10.6 Å². The highest BCUT2D eigenvalue weighted by Gasteiger charge is 2.24. The lowest BCUT2D eigenvalue weighted by Crippen LogP contribution is -2.36. The number of nitrogens with one attached hydrogen (secondary N) is 2. The van der Waals surface area contributed by atoms with Gasteiger partial charge in [0.1, 0.15) is 11.4 Å². The SMILES string of the molecule is COc1ccc(NC(=O)c2ccco2)cc1NC(=O)c1ccc(N2CCOCC2)c([N+](=O)[O-])c1. The van der Waals surface area contributed by atoms with Crippen molar-refractivity contribution in [2.45, 2.75) is 0 Å². The van der Waals surface area contributed by atoms with E-state index in [1.54, 1.807) is 24.3 Å². The van der Waals surface area contributed by atoms with Gasteiger partial charge in [-0.25, -0.2) is 0 Å². The Kier molecular flexibility index (Phi) is 6.74. The summed E-state index contributed by atoms with van der Waals surface area (Å²) in [6.45, 7) is 2.01. The van der Waals surface area contributed by atoms with Crippen LogP contribution in [0.3, 0.4) is 0 Å². The molecule has 1 aromatic heterocycles. The van der Waals surface area contributed by atoms with Crippen LogP contribution in [0.2, 0.25) is 0 Å².